The summed E-state index contributed by atoms with van der Waals surface area (Å²) in [6, 6.07) is 0. The predicted molar refractivity (Wildman–Crippen MR) is 103 cm³/mol. The third kappa shape index (κ3) is 10.0. The third-order valence-electron chi connectivity index (χ3n) is 3.95. The van der Waals surface area contributed by atoms with Crippen molar-refractivity contribution in [1.29, 1.82) is 0 Å². The van der Waals surface area contributed by atoms with E-state index in [-0.39, 0.29) is 29.9 Å². The normalized spacial score (nSPS) is 17.5. The van der Waals surface area contributed by atoms with Gasteiger partial charge in [-0.1, -0.05) is 12.8 Å². The van der Waals surface area contributed by atoms with Gasteiger partial charge in [-0.05, 0) is 19.3 Å². The molecule has 0 bridgehead atoms. The van der Waals surface area contributed by atoms with Crippen molar-refractivity contribution in [2.24, 2.45) is 10.9 Å². The van der Waals surface area contributed by atoms with Crippen LogP contribution in [0.2, 0.25) is 0 Å². The molecule has 0 radical (unpaired) electrons. The van der Waals surface area contributed by atoms with Crippen LogP contribution in [0.3, 0.4) is 0 Å². The number of nitrogens with one attached hydrogen (secondary N) is 1. The molecule has 1 heterocycles. The van der Waals surface area contributed by atoms with E-state index in [1.807, 2.05) is 7.05 Å². The standard InChI is InChI=1S/C16H31N3O3.HI/c1-17-16(19(2)12-14-9-11-22-13-14)18-10-7-5-4-6-8-15(20)21-3;/h14H,4-13H2,1-3H3,(H,17,18);1H. The lowest BCUT2D eigenvalue weighted by Crippen LogP contribution is -2.41. The molecular formula is C16H32IN3O3. The lowest BCUT2D eigenvalue weighted by Gasteiger charge is -2.24. The van der Waals surface area contributed by atoms with E-state index in [4.69, 9.17) is 4.74 Å². The minimum Gasteiger partial charge on any atom is -0.469 e. The van der Waals surface area contributed by atoms with Gasteiger partial charge in [0.25, 0.3) is 0 Å². The summed E-state index contributed by atoms with van der Waals surface area (Å²) in [7, 11) is 5.33. The molecule has 1 unspecified atom stereocenters. The Morgan fingerprint density at radius 1 is 1.35 bits per heavy atom. The number of methoxy groups -OCH3 is 1. The van der Waals surface area contributed by atoms with E-state index < -0.39 is 0 Å². The predicted octanol–water partition coefficient (Wildman–Crippen LogP) is 2.27. The topological polar surface area (TPSA) is 63.2 Å². The van der Waals surface area contributed by atoms with E-state index in [0.717, 1.165) is 64.4 Å². The van der Waals surface area contributed by atoms with Crippen LogP contribution in [-0.4, -0.2) is 64.3 Å². The summed E-state index contributed by atoms with van der Waals surface area (Å²) in [5.41, 5.74) is 0. The summed E-state index contributed by atoms with van der Waals surface area (Å²) < 4.78 is 10.0. The smallest absolute Gasteiger partial charge is 0.305 e. The van der Waals surface area contributed by atoms with Gasteiger partial charge in [-0.3, -0.25) is 9.79 Å². The van der Waals surface area contributed by atoms with Crippen LogP contribution in [0.1, 0.15) is 38.5 Å². The summed E-state index contributed by atoms with van der Waals surface area (Å²) in [6.07, 6.45) is 5.83. The van der Waals surface area contributed by atoms with Gasteiger partial charge in [-0.25, -0.2) is 0 Å². The molecule has 1 aliphatic heterocycles. The number of hydrogen-bond acceptors (Lipinski definition) is 4. The molecule has 0 aromatic heterocycles. The van der Waals surface area contributed by atoms with Crippen molar-refractivity contribution in [1.82, 2.24) is 10.2 Å². The van der Waals surface area contributed by atoms with Crippen LogP contribution in [0.4, 0.5) is 0 Å². The zero-order valence-electron chi connectivity index (χ0n) is 14.7. The number of carbonyl (C=O) groups is 1. The van der Waals surface area contributed by atoms with Crippen molar-refractivity contribution in [3.63, 3.8) is 0 Å². The van der Waals surface area contributed by atoms with Gasteiger partial charge in [0, 0.05) is 46.1 Å². The first-order chi connectivity index (χ1) is 10.7. The van der Waals surface area contributed by atoms with Crippen molar-refractivity contribution < 1.29 is 14.3 Å². The first kappa shape index (κ1) is 22.4. The van der Waals surface area contributed by atoms with E-state index >= 15 is 0 Å². The summed E-state index contributed by atoms with van der Waals surface area (Å²) in [4.78, 5) is 17.5. The number of unbranched alkanes of at least 4 members (excludes halogenated alkanes) is 3. The number of halogens is 1. The summed E-state index contributed by atoms with van der Waals surface area (Å²) in [5, 5.41) is 3.40. The lowest BCUT2D eigenvalue weighted by atomic mass is 10.1. The van der Waals surface area contributed by atoms with Gasteiger partial charge in [0.2, 0.25) is 0 Å². The van der Waals surface area contributed by atoms with Crippen LogP contribution in [0.5, 0.6) is 0 Å². The molecule has 1 N–H and O–H groups in total. The number of ether oxygens (including phenoxy) is 2. The van der Waals surface area contributed by atoms with E-state index in [9.17, 15) is 4.79 Å². The van der Waals surface area contributed by atoms with Crippen LogP contribution in [0.25, 0.3) is 0 Å². The zero-order valence-corrected chi connectivity index (χ0v) is 17.0. The van der Waals surface area contributed by atoms with Crippen molar-refractivity contribution in [2.75, 3.05) is 47.5 Å². The van der Waals surface area contributed by atoms with Gasteiger partial charge in [-0.2, -0.15) is 0 Å². The second kappa shape index (κ2) is 13.8. The van der Waals surface area contributed by atoms with Crippen LogP contribution >= 0.6 is 24.0 Å². The Bertz CT molecular complexity index is 347. The molecule has 7 heteroatoms. The number of guanidine groups is 1. The van der Waals surface area contributed by atoms with E-state index in [0.29, 0.717) is 12.3 Å². The average Bonchev–Trinajstić information content (AvgIpc) is 3.02. The molecule has 0 aromatic carbocycles. The molecule has 1 saturated heterocycles. The minimum absolute atomic E-state index is 0. The molecule has 1 atom stereocenters. The number of nitrogens with zero attached hydrogens (tertiary/aromatic N) is 2. The fourth-order valence-electron chi connectivity index (χ4n) is 2.64. The third-order valence-corrected chi connectivity index (χ3v) is 3.95. The Labute approximate surface area is 157 Å². The number of carbonyl (C=O) groups excluding carboxylic acids is 1. The highest BCUT2D eigenvalue weighted by Crippen LogP contribution is 2.13. The summed E-state index contributed by atoms with van der Waals surface area (Å²) >= 11 is 0. The van der Waals surface area contributed by atoms with Gasteiger partial charge in [0.1, 0.15) is 0 Å². The maximum Gasteiger partial charge on any atom is 0.305 e. The van der Waals surface area contributed by atoms with Crippen LogP contribution in [-0.2, 0) is 14.3 Å². The van der Waals surface area contributed by atoms with Crippen molar-refractivity contribution in [3.05, 3.63) is 0 Å². The first-order valence-electron chi connectivity index (χ1n) is 8.23. The molecule has 0 aromatic rings. The molecule has 6 nitrogen and oxygen atoms in total. The fraction of sp³-hybridized carbons (Fsp3) is 0.875. The van der Waals surface area contributed by atoms with Gasteiger partial charge < -0.3 is 19.7 Å². The Hall–Kier alpha value is -0.570. The number of esters is 1. The highest BCUT2D eigenvalue weighted by atomic mass is 127. The first-order valence-corrected chi connectivity index (χ1v) is 8.23. The number of hydrogen-bond donors (Lipinski definition) is 1. The zero-order chi connectivity index (χ0) is 16.2. The molecule has 136 valence electrons. The molecule has 0 amide bonds. The minimum atomic E-state index is -0.115. The molecule has 1 fully saturated rings. The molecule has 1 rings (SSSR count). The second-order valence-corrected chi connectivity index (χ2v) is 5.82. The van der Waals surface area contributed by atoms with Crippen LogP contribution in [0, 0.1) is 5.92 Å². The maximum atomic E-state index is 11.0. The largest absolute Gasteiger partial charge is 0.469 e. The summed E-state index contributed by atoms with van der Waals surface area (Å²) in [5.74, 6) is 1.44. The van der Waals surface area contributed by atoms with Crippen LogP contribution in [0.15, 0.2) is 4.99 Å². The number of rotatable bonds is 9. The van der Waals surface area contributed by atoms with Gasteiger partial charge >= 0.3 is 5.97 Å². The van der Waals surface area contributed by atoms with Crippen molar-refractivity contribution in [3.8, 4) is 0 Å². The molecular weight excluding hydrogens is 409 g/mol. The molecule has 0 aliphatic carbocycles. The van der Waals surface area contributed by atoms with Gasteiger partial charge in [0.15, 0.2) is 5.96 Å². The monoisotopic (exact) mass is 441 g/mol. The molecule has 1 aliphatic rings. The maximum absolute atomic E-state index is 11.0. The molecule has 23 heavy (non-hydrogen) atoms. The summed E-state index contributed by atoms with van der Waals surface area (Å²) in [6.45, 7) is 3.65. The highest BCUT2D eigenvalue weighted by Gasteiger charge is 2.18. The number of aliphatic imine (C=N–C) groups is 1. The van der Waals surface area contributed by atoms with Gasteiger partial charge in [-0.15, -0.1) is 24.0 Å². The van der Waals surface area contributed by atoms with Crippen LogP contribution < -0.4 is 5.32 Å². The van der Waals surface area contributed by atoms with Crippen molar-refractivity contribution >= 4 is 35.9 Å². The quantitative estimate of drug-likeness (QED) is 0.196. The highest BCUT2D eigenvalue weighted by molar-refractivity contribution is 14.0. The van der Waals surface area contributed by atoms with E-state index in [2.05, 4.69) is 27.0 Å². The Balaban J connectivity index is 0.00000484. The lowest BCUT2D eigenvalue weighted by molar-refractivity contribution is -0.140. The molecule has 0 spiro atoms. The molecule has 0 saturated carbocycles. The fourth-order valence-corrected chi connectivity index (χ4v) is 2.64. The Morgan fingerprint density at radius 2 is 2.09 bits per heavy atom. The SMILES string of the molecule is CN=C(NCCCCCCC(=O)OC)N(C)CC1CCOC1.I. The average molecular weight is 441 g/mol. The van der Waals surface area contributed by atoms with Crippen molar-refractivity contribution in [2.45, 2.75) is 38.5 Å². The Morgan fingerprint density at radius 3 is 2.70 bits per heavy atom. The van der Waals surface area contributed by atoms with E-state index in [1.54, 1.807) is 0 Å². The van der Waals surface area contributed by atoms with E-state index in [1.165, 1.54) is 7.11 Å². The Kier molecular flexibility index (Phi) is 13.5. The van der Waals surface area contributed by atoms with Gasteiger partial charge in [0.05, 0.1) is 13.7 Å². The second-order valence-electron chi connectivity index (χ2n) is 5.82.